The fraction of sp³-hybridized carbons (Fsp3) is 0.533. The summed E-state index contributed by atoms with van der Waals surface area (Å²) in [6.45, 7) is -0.615. The number of likely N-dealkylation sites (N-methyl/N-ethyl adjacent to an activating group) is 1. The Bertz CT molecular complexity index is 634. The highest BCUT2D eigenvalue weighted by atomic mass is 35.5. The molecule has 1 fully saturated rings. The molecule has 3 rings (SSSR count). The van der Waals surface area contributed by atoms with Crippen molar-refractivity contribution in [1.29, 1.82) is 0 Å². The zero-order valence-electron chi connectivity index (χ0n) is 12.4. The van der Waals surface area contributed by atoms with Gasteiger partial charge in [-0.05, 0) is 37.0 Å². The fourth-order valence-electron chi connectivity index (χ4n) is 2.65. The van der Waals surface area contributed by atoms with E-state index in [4.69, 9.17) is 16.3 Å². The molecule has 1 aliphatic heterocycles. The smallest absolute Gasteiger partial charge is 0.359 e. The predicted octanol–water partition coefficient (Wildman–Crippen LogP) is 4.00. The first-order chi connectivity index (χ1) is 10.7. The van der Waals surface area contributed by atoms with E-state index >= 15 is 0 Å². The number of rotatable bonds is 3. The normalized spacial score (nSPS) is 24.9. The van der Waals surface area contributed by atoms with Crippen molar-refractivity contribution in [3.05, 3.63) is 28.8 Å². The molecule has 1 heterocycles. The van der Waals surface area contributed by atoms with Crippen LogP contribution in [0.3, 0.4) is 0 Å². The minimum absolute atomic E-state index is 0.00743. The van der Waals surface area contributed by atoms with Gasteiger partial charge in [-0.2, -0.15) is 13.2 Å². The average Bonchev–Trinajstić information content (AvgIpc) is 3.27. The quantitative estimate of drug-likeness (QED) is 0.897. The SMILES string of the molecule is CN1C[C@](OCC2CC2)(C(F)(F)F)c2cc(Cl)ccc2NC1=O. The lowest BCUT2D eigenvalue weighted by molar-refractivity contribution is -0.288. The number of alkyl halides is 3. The fourth-order valence-corrected chi connectivity index (χ4v) is 2.83. The summed E-state index contributed by atoms with van der Waals surface area (Å²) >= 11 is 5.91. The molecule has 0 saturated heterocycles. The van der Waals surface area contributed by atoms with Gasteiger partial charge in [-0.3, -0.25) is 0 Å². The third-order valence-electron chi connectivity index (χ3n) is 4.19. The summed E-state index contributed by atoms with van der Waals surface area (Å²) in [6.07, 6.45) is -2.96. The lowest BCUT2D eigenvalue weighted by Crippen LogP contribution is -2.52. The lowest BCUT2D eigenvalue weighted by atomic mass is 9.90. The van der Waals surface area contributed by atoms with E-state index in [-0.39, 0.29) is 28.8 Å². The molecule has 1 aromatic rings. The second-order valence-electron chi connectivity index (χ2n) is 6.06. The molecule has 0 radical (unpaired) electrons. The molecule has 0 bridgehead atoms. The van der Waals surface area contributed by atoms with E-state index in [0.29, 0.717) is 0 Å². The van der Waals surface area contributed by atoms with Gasteiger partial charge in [0.05, 0.1) is 13.2 Å². The monoisotopic (exact) mass is 348 g/mol. The molecule has 1 aliphatic carbocycles. The highest BCUT2D eigenvalue weighted by Gasteiger charge is 2.60. The molecule has 0 spiro atoms. The predicted molar refractivity (Wildman–Crippen MR) is 79.5 cm³/mol. The minimum atomic E-state index is -4.69. The van der Waals surface area contributed by atoms with Crippen molar-refractivity contribution in [3.63, 3.8) is 0 Å². The summed E-state index contributed by atoms with van der Waals surface area (Å²) in [5.74, 6) is 0.147. The number of nitrogens with one attached hydrogen (secondary N) is 1. The molecule has 0 unspecified atom stereocenters. The van der Waals surface area contributed by atoms with Gasteiger partial charge in [0.1, 0.15) is 0 Å². The van der Waals surface area contributed by atoms with Crippen LogP contribution in [0.4, 0.5) is 23.7 Å². The average molecular weight is 349 g/mol. The standard InChI is InChI=1S/C15H16ClF3N2O2/c1-21-8-14(15(17,18)19,23-7-9-2-3-9)11-6-10(16)4-5-12(11)20-13(21)22/h4-6,9H,2-3,7-8H2,1H3,(H,20,22)/t14-/m1/s1. The van der Waals surface area contributed by atoms with Crippen LogP contribution in [0, 0.1) is 5.92 Å². The first-order valence-electron chi connectivity index (χ1n) is 7.26. The number of halogens is 4. The van der Waals surface area contributed by atoms with Gasteiger partial charge >= 0.3 is 12.2 Å². The van der Waals surface area contributed by atoms with E-state index in [0.717, 1.165) is 17.7 Å². The van der Waals surface area contributed by atoms with Crippen LogP contribution in [0.5, 0.6) is 0 Å². The molecule has 126 valence electrons. The number of ether oxygens (including phenoxy) is 1. The lowest BCUT2D eigenvalue weighted by Gasteiger charge is -2.37. The van der Waals surface area contributed by atoms with Crippen molar-refractivity contribution >= 4 is 23.3 Å². The maximum atomic E-state index is 14.0. The van der Waals surface area contributed by atoms with Crippen LogP contribution >= 0.6 is 11.6 Å². The van der Waals surface area contributed by atoms with Crippen LogP contribution in [-0.4, -0.2) is 37.3 Å². The summed E-state index contributed by atoms with van der Waals surface area (Å²) < 4.78 is 47.5. The molecule has 2 aliphatic rings. The Morgan fingerprint density at radius 2 is 2.13 bits per heavy atom. The van der Waals surface area contributed by atoms with Crippen LogP contribution in [0.1, 0.15) is 18.4 Å². The summed E-state index contributed by atoms with van der Waals surface area (Å²) in [5.41, 5.74) is -2.68. The summed E-state index contributed by atoms with van der Waals surface area (Å²) in [7, 11) is 1.31. The Labute approximate surface area is 136 Å². The van der Waals surface area contributed by atoms with E-state index in [9.17, 15) is 18.0 Å². The molecule has 1 atom stereocenters. The molecule has 23 heavy (non-hydrogen) atoms. The molecule has 1 aromatic carbocycles. The van der Waals surface area contributed by atoms with Crippen molar-refractivity contribution in [1.82, 2.24) is 4.90 Å². The summed E-state index contributed by atoms with van der Waals surface area (Å²) in [6, 6.07) is 3.41. The highest BCUT2D eigenvalue weighted by molar-refractivity contribution is 6.30. The molecule has 2 amide bonds. The number of hydrogen-bond acceptors (Lipinski definition) is 2. The van der Waals surface area contributed by atoms with Gasteiger partial charge in [-0.1, -0.05) is 11.6 Å². The maximum Gasteiger partial charge on any atom is 0.423 e. The Morgan fingerprint density at radius 1 is 1.43 bits per heavy atom. The van der Waals surface area contributed by atoms with Crippen molar-refractivity contribution in [2.45, 2.75) is 24.6 Å². The Kier molecular flexibility index (Phi) is 3.96. The number of anilines is 1. The number of carbonyl (C=O) groups is 1. The van der Waals surface area contributed by atoms with Gasteiger partial charge < -0.3 is 15.0 Å². The Balaban J connectivity index is 2.13. The number of fused-ring (bicyclic) bond motifs is 1. The van der Waals surface area contributed by atoms with Crippen LogP contribution in [0.25, 0.3) is 0 Å². The molecule has 1 saturated carbocycles. The van der Waals surface area contributed by atoms with Gasteiger partial charge in [0, 0.05) is 23.3 Å². The molecular formula is C15H16ClF3N2O2. The summed E-state index contributed by atoms with van der Waals surface area (Å²) in [5, 5.41) is 2.64. The van der Waals surface area contributed by atoms with Gasteiger partial charge in [-0.25, -0.2) is 4.79 Å². The number of benzene rings is 1. The summed E-state index contributed by atoms with van der Waals surface area (Å²) in [4.78, 5) is 13.0. The maximum absolute atomic E-state index is 14.0. The molecule has 8 heteroatoms. The van der Waals surface area contributed by atoms with Crippen molar-refractivity contribution in [2.75, 3.05) is 25.5 Å². The largest absolute Gasteiger partial charge is 0.423 e. The zero-order chi connectivity index (χ0) is 16.8. The van der Waals surface area contributed by atoms with E-state index in [2.05, 4.69) is 5.32 Å². The second kappa shape index (κ2) is 5.56. The third-order valence-corrected chi connectivity index (χ3v) is 4.42. The van der Waals surface area contributed by atoms with Gasteiger partial charge in [0.2, 0.25) is 5.60 Å². The first-order valence-corrected chi connectivity index (χ1v) is 7.63. The van der Waals surface area contributed by atoms with Gasteiger partial charge in [-0.15, -0.1) is 0 Å². The molecule has 4 nitrogen and oxygen atoms in total. The third kappa shape index (κ3) is 2.99. The van der Waals surface area contributed by atoms with Crippen molar-refractivity contribution in [2.24, 2.45) is 5.92 Å². The molecule has 1 N–H and O–H groups in total. The van der Waals surface area contributed by atoms with Crippen LogP contribution in [0.2, 0.25) is 5.02 Å². The van der Waals surface area contributed by atoms with Crippen molar-refractivity contribution < 1.29 is 22.7 Å². The van der Waals surface area contributed by atoms with Crippen LogP contribution in [0.15, 0.2) is 18.2 Å². The number of carbonyl (C=O) groups excluding carboxylic acids is 1. The number of hydrogen-bond donors (Lipinski definition) is 1. The van der Waals surface area contributed by atoms with Crippen LogP contribution in [-0.2, 0) is 10.3 Å². The molecule has 0 aromatic heterocycles. The van der Waals surface area contributed by atoms with Gasteiger partial charge in [0.15, 0.2) is 0 Å². The number of amides is 2. The van der Waals surface area contributed by atoms with Crippen molar-refractivity contribution in [3.8, 4) is 0 Å². The second-order valence-corrected chi connectivity index (χ2v) is 6.49. The minimum Gasteiger partial charge on any atom is -0.359 e. The highest BCUT2D eigenvalue weighted by Crippen LogP contribution is 2.48. The van der Waals surface area contributed by atoms with E-state index in [1.807, 2.05) is 0 Å². The van der Waals surface area contributed by atoms with E-state index < -0.39 is 24.4 Å². The Morgan fingerprint density at radius 3 is 2.74 bits per heavy atom. The number of urea groups is 1. The Hall–Kier alpha value is -1.47. The first kappa shape index (κ1) is 16.4. The van der Waals surface area contributed by atoms with E-state index in [1.165, 1.54) is 25.2 Å². The van der Waals surface area contributed by atoms with E-state index in [1.54, 1.807) is 0 Å². The number of nitrogens with zero attached hydrogens (tertiary/aromatic N) is 1. The topological polar surface area (TPSA) is 41.6 Å². The van der Waals surface area contributed by atoms with Gasteiger partial charge in [0.25, 0.3) is 0 Å². The zero-order valence-corrected chi connectivity index (χ0v) is 13.2. The van der Waals surface area contributed by atoms with Crippen LogP contribution < -0.4 is 5.32 Å². The molecular weight excluding hydrogens is 333 g/mol.